The van der Waals surface area contributed by atoms with E-state index in [-0.39, 0.29) is 12.1 Å². The molecule has 0 bridgehead atoms. The van der Waals surface area contributed by atoms with Crippen molar-refractivity contribution in [2.75, 3.05) is 6.54 Å². The Morgan fingerprint density at radius 3 is 2.07 bits per heavy atom. The third kappa shape index (κ3) is 6.85. The highest BCUT2D eigenvalue weighted by atomic mass is 15.1. The van der Waals surface area contributed by atoms with Crippen LogP contribution >= 0.6 is 0 Å². The lowest BCUT2D eigenvalue weighted by Crippen LogP contribution is -2.43. The summed E-state index contributed by atoms with van der Waals surface area (Å²) < 4.78 is 0. The number of allylic oxidation sites excluding steroid dienone is 1. The van der Waals surface area contributed by atoms with Crippen LogP contribution in [-0.2, 0) is 0 Å². The summed E-state index contributed by atoms with van der Waals surface area (Å²) in [5.41, 5.74) is 8.07. The van der Waals surface area contributed by atoms with E-state index >= 15 is 0 Å². The first kappa shape index (κ1) is 27.6. The second-order valence-electron chi connectivity index (χ2n) is 10.3. The van der Waals surface area contributed by atoms with Crippen molar-refractivity contribution in [3.63, 3.8) is 0 Å². The van der Waals surface area contributed by atoms with E-state index in [9.17, 15) is 0 Å². The fraction of sp³-hybridized carbons (Fsp3) is 0.0789. The smallest absolute Gasteiger partial charge is 0.129 e. The normalized spacial score (nSPS) is 18.5. The molecule has 0 aliphatic carbocycles. The van der Waals surface area contributed by atoms with Crippen molar-refractivity contribution in [3.05, 3.63) is 180 Å². The number of rotatable bonds is 9. The maximum absolute atomic E-state index is 5.14. The maximum atomic E-state index is 5.14. The molecule has 0 fully saturated rings. The Labute approximate surface area is 253 Å². The molecule has 0 radical (unpaired) electrons. The summed E-state index contributed by atoms with van der Waals surface area (Å²) >= 11 is 0. The molecule has 0 amide bonds. The van der Waals surface area contributed by atoms with Gasteiger partial charge >= 0.3 is 0 Å². The molecule has 2 unspecified atom stereocenters. The van der Waals surface area contributed by atoms with Crippen molar-refractivity contribution in [1.82, 2.24) is 10.6 Å². The number of nitrogens with zero attached hydrogens (tertiary/aromatic N) is 3. The van der Waals surface area contributed by atoms with Crippen LogP contribution in [0.3, 0.4) is 0 Å². The molecule has 2 heterocycles. The molecule has 2 aliphatic heterocycles. The van der Waals surface area contributed by atoms with Gasteiger partial charge in [-0.25, -0.2) is 0 Å². The average Bonchev–Trinajstić information content (AvgIpc) is 3.10. The summed E-state index contributed by atoms with van der Waals surface area (Å²) in [6.07, 6.45) is 10.5. The van der Waals surface area contributed by atoms with Gasteiger partial charge < -0.3 is 10.6 Å². The Balaban J connectivity index is 1.30. The van der Waals surface area contributed by atoms with Crippen molar-refractivity contribution in [3.8, 4) is 0 Å². The minimum Gasteiger partial charge on any atom is -0.378 e. The molecule has 0 aromatic heterocycles. The molecule has 2 N–H and O–H groups in total. The molecular formula is C38H33N5. The SMILES string of the molecule is C=N/C(=C\C(=NCC1=CC(C2=NC(c3ccccc3)C=C(c3ccccc3)N2)NC=C1)c1ccccc1)c1ccccc1. The fourth-order valence-corrected chi connectivity index (χ4v) is 5.13. The number of hydrogen-bond donors (Lipinski definition) is 2. The highest BCUT2D eigenvalue weighted by Crippen LogP contribution is 2.28. The van der Waals surface area contributed by atoms with Gasteiger partial charge in [-0.15, -0.1) is 0 Å². The van der Waals surface area contributed by atoms with Crippen LogP contribution in [-0.4, -0.2) is 30.9 Å². The lowest BCUT2D eigenvalue weighted by molar-refractivity contribution is 0.788. The average molecular weight is 560 g/mol. The summed E-state index contributed by atoms with van der Waals surface area (Å²) in [6, 6.07) is 40.8. The van der Waals surface area contributed by atoms with Gasteiger partial charge in [0.15, 0.2) is 0 Å². The van der Waals surface area contributed by atoms with Gasteiger partial charge in [0, 0.05) is 11.3 Å². The first-order valence-electron chi connectivity index (χ1n) is 14.4. The summed E-state index contributed by atoms with van der Waals surface area (Å²) in [7, 11) is 0. The molecule has 210 valence electrons. The quantitative estimate of drug-likeness (QED) is 0.210. The fourth-order valence-electron chi connectivity index (χ4n) is 5.13. The van der Waals surface area contributed by atoms with Gasteiger partial charge in [0.25, 0.3) is 0 Å². The standard InChI is InChI=1S/C38H33N5/c1-39-33(29-14-6-2-7-15-29)25-34(30-16-8-3-9-17-30)41-27-28-22-23-40-37(24-28)38-42-35(31-18-10-4-11-19-31)26-36(43-38)32-20-12-5-13-21-32/h2-26,35,37,40H,1,27H2,(H,42,43)/b33-25-,41-34?. The van der Waals surface area contributed by atoms with Crippen LogP contribution in [0.4, 0.5) is 0 Å². The summed E-state index contributed by atoms with van der Waals surface area (Å²) in [5.74, 6) is 0.867. The highest BCUT2D eigenvalue weighted by molar-refractivity contribution is 6.12. The van der Waals surface area contributed by atoms with E-state index in [2.05, 4.69) is 101 Å². The molecule has 5 heteroatoms. The van der Waals surface area contributed by atoms with E-state index in [4.69, 9.17) is 9.98 Å². The number of aliphatic imine (C=N–C) groups is 3. The Morgan fingerprint density at radius 2 is 1.40 bits per heavy atom. The zero-order chi connectivity index (χ0) is 29.3. The first-order valence-corrected chi connectivity index (χ1v) is 14.4. The summed E-state index contributed by atoms with van der Waals surface area (Å²) in [5, 5.41) is 7.09. The van der Waals surface area contributed by atoms with E-state index in [1.807, 2.05) is 72.9 Å². The van der Waals surface area contributed by atoms with E-state index in [1.54, 1.807) is 0 Å². The molecular weight excluding hydrogens is 526 g/mol. The molecule has 2 atom stereocenters. The van der Waals surface area contributed by atoms with Gasteiger partial charge in [0.2, 0.25) is 0 Å². The second-order valence-corrected chi connectivity index (χ2v) is 10.3. The monoisotopic (exact) mass is 559 g/mol. The molecule has 4 aromatic rings. The Hall–Kier alpha value is -5.55. The van der Waals surface area contributed by atoms with Gasteiger partial charge in [-0.05, 0) is 59.5 Å². The number of amidine groups is 1. The molecule has 0 saturated carbocycles. The summed E-state index contributed by atoms with van der Waals surface area (Å²) in [4.78, 5) is 14.5. The minimum absolute atomic E-state index is 0.0899. The largest absolute Gasteiger partial charge is 0.378 e. The predicted octanol–water partition coefficient (Wildman–Crippen LogP) is 7.41. The molecule has 0 spiro atoms. The molecule has 6 rings (SSSR count). The van der Waals surface area contributed by atoms with Crippen LogP contribution in [0.2, 0.25) is 0 Å². The van der Waals surface area contributed by atoms with Gasteiger partial charge in [0.05, 0.1) is 24.0 Å². The second kappa shape index (κ2) is 13.4. The van der Waals surface area contributed by atoms with Gasteiger partial charge in [-0.2, -0.15) is 0 Å². The lowest BCUT2D eigenvalue weighted by atomic mass is 10.00. The van der Waals surface area contributed by atoms with Crippen molar-refractivity contribution < 1.29 is 0 Å². The third-order valence-corrected chi connectivity index (χ3v) is 7.35. The van der Waals surface area contributed by atoms with Gasteiger partial charge in [-0.1, -0.05) is 121 Å². The number of nitrogens with one attached hydrogen (secondary N) is 2. The summed E-state index contributed by atoms with van der Waals surface area (Å²) in [6.45, 7) is 4.33. The van der Waals surface area contributed by atoms with Gasteiger partial charge in [-0.3, -0.25) is 15.0 Å². The van der Waals surface area contributed by atoms with E-state index in [0.717, 1.165) is 50.8 Å². The Bertz CT molecular complexity index is 1730. The number of hydrogen-bond acceptors (Lipinski definition) is 5. The molecule has 2 aliphatic rings. The zero-order valence-corrected chi connectivity index (χ0v) is 23.8. The van der Waals surface area contributed by atoms with E-state index in [1.165, 1.54) is 0 Å². The third-order valence-electron chi connectivity index (χ3n) is 7.35. The number of dihydropyridines is 1. The highest BCUT2D eigenvalue weighted by Gasteiger charge is 2.23. The van der Waals surface area contributed by atoms with E-state index in [0.29, 0.717) is 6.54 Å². The van der Waals surface area contributed by atoms with Crippen molar-refractivity contribution in [1.29, 1.82) is 0 Å². The van der Waals surface area contributed by atoms with Crippen molar-refractivity contribution >= 4 is 29.7 Å². The molecule has 4 aromatic carbocycles. The van der Waals surface area contributed by atoms with Crippen LogP contribution in [0.15, 0.2) is 172 Å². The van der Waals surface area contributed by atoms with Crippen LogP contribution in [0.1, 0.15) is 28.3 Å². The molecule has 43 heavy (non-hydrogen) atoms. The Morgan fingerprint density at radius 1 is 0.767 bits per heavy atom. The topological polar surface area (TPSA) is 61.1 Å². The van der Waals surface area contributed by atoms with Crippen LogP contribution in [0.25, 0.3) is 11.4 Å². The predicted molar refractivity (Wildman–Crippen MR) is 180 cm³/mol. The van der Waals surface area contributed by atoms with Crippen LogP contribution in [0.5, 0.6) is 0 Å². The van der Waals surface area contributed by atoms with Crippen LogP contribution < -0.4 is 10.6 Å². The van der Waals surface area contributed by atoms with Crippen molar-refractivity contribution in [2.45, 2.75) is 12.1 Å². The van der Waals surface area contributed by atoms with Crippen molar-refractivity contribution in [2.24, 2.45) is 15.0 Å². The molecule has 5 nitrogen and oxygen atoms in total. The minimum atomic E-state index is -0.126. The maximum Gasteiger partial charge on any atom is 0.129 e. The van der Waals surface area contributed by atoms with Gasteiger partial charge in [0.1, 0.15) is 11.9 Å². The number of benzene rings is 4. The van der Waals surface area contributed by atoms with E-state index < -0.39 is 0 Å². The molecule has 0 saturated heterocycles. The lowest BCUT2D eigenvalue weighted by Gasteiger charge is -2.28. The zero-order valence-electron chi connectivity index (χ0n) is 23.8. The first-order chi connectivity index (χ1) is 21.3. The Kier molecular flexibility index (Phi) is 8.61. The van der Waals surface area contributed by atoms with Crippen LogP contribution in [0, 0.1) is 0 Å².